The fraction of sp³-hybridized carbons (Fsp3) is 0.778. The molecule has 0 spiro atoms. The molecule has 1 fully saturated rings. The highest BCUT2D eigenvalue weighted by molar-refractivity contribution is 5.83. The van der Waals surface area contributed by atoms with Crippen molar-refractivity contribution in [3.63, 3.8) is 0 Å². The molecule has 1 aliphatic rings. The number of rotatable bonds is 1. The summed E-state index contributed by atoms with van der Waals surface area (Å²) < 4.78 is 4.98. The van der Waals surface area contributed by atoms with Crippen molar-refractivity contribution in [1.82, 2.24) is 4.90 Å². The Labute approximate surface area is 87.4 Å². The molecule has 0 unspecified atom stereocenters. The third kappa shape index (κ3) is 2.59. The zero-order chi connectivity index (χ0) is 11.8. The molecule has 0 aromatic carbocycles. The molecule has 1 saturated heterocycles. The van der Waals surface area contributed by atoms with Crippen molar-refractivity contribution in [2.75, 3.05) is 6.54 Å². The Morgan fingerprint density at radius 3 is 2.27 bits per heavy atom. The van der Waals surface area contributed by atoms with E-state index in [0.29, 0.717) is 0 Å². The number of amides is 1. The molecule has 1 amide bonds. The van der Waals surface area contributed by atoms with Crippen LogP contribution in [0.5, 0.6) is 0 Å². The van der Waals surface area contributed by atoms with Crippen LogP contribution in [0.2, 0.25) is 0 Å². The number of carboxylic acids is 1. The highest BCUT2D eigenvalue weighted by Gasteiger charge is 2.47. The number of carboxylic acid groups (broad SMARTS) is 1. The van der Waals surface area contributed by atoms with Crippen molar-refractivity contribution in [3.8, 4) is 0 Å². The predicted octanol–water partition coefficient (Wildman–Crippen LogP) is 0.0512. The van der Waals surface area contributed by atoms with E-state index in [9.17, 15) is 9.59 Å². The topological polar surface area (TPSA) is 87.1 Å². The maximum Gasteiger partial charge on any atom is 0.411 e. The molecule has 6 nitrogen and oxygen atoms in total. The van der Waals surface area contributed by atoms with Gasteiger partial charge in [-0.3, -0.25) is 4.90 Å². The fourth-order valence-corrected chi connectivity index (χ4v) is 1.29. The molecule has 2 N–H and O–H groups in total. The van der Waals surface area contributed by atoms with Crippen LogP contribution in [0.4, 0.5) is 4.79 Å². The van der Waals surface area contributed by atoms with Crippen molar-refractivity contribution < 1.29 is 24.5 Å². The van der Waals surface area contributed by atoms with Gasteiger partial charge in [0.05, 0.1) is 6.54 Å². The van der Waals surface area contributed by atoms with E-state index in [2.05, 4.69) is 0 Å². The molecule has 6 heteroatoms. The Bertz CT molecular complexity index is 283. The van der Waals surface area contributed by atoms with Gasteiger partial charge in [0.15, 0.2) is 6.04 Å². The third-order valence-corrected chi connectivity index (χ3v) is 1.97. The number of carbonyl (C=O) groups excluding carboxylic acids is 1. The van der Waals surface area contributed by atoms with E-state index in [4.69, 9.17) is 14.9 Å². The van der Waals surface area contributed by atoms with E-state index >= 15 is 0 Å². The number of carbonyl (C=O) groups is 2. The highest BCUT2D eigenvalue weighted by Crippen LogP contribution is 2.21. The smallest absolute Gasteiger partial charge is 0.411 e. The standard InChI is InChI=1S/C9H15NO5/c1-9(2,3)15-8(14)10-4-5(11)6(10)7(12)13/h5-6,11H,4H2,1-3H3,(H,12,13)/t5-,6-/m0/s1. The summed E-state index contributed by atoms with van der Waals surface area (Å²) in [5.74, 6) is -1.22. The summed E-state index contributed by atoms with van der Waals surface area (Å²) in [6.45, 7) is 5.08. The molecule has 0 saturated carbocycles. The van der Waals surface area contributed by atoms with Crippen molar-refractivity contribution in [3.05, 3.63) is 0 Å². The molecule has 1 aliphatic heterocycles. The van der Waals surface area contributed by atoms with Crippen molar-refractivity contribution in [2.45, 2.75) is 38.5 Å². The normalized spacial score (nSPS) is 25.7. The minimum atomic E-state index is -1.22. The van der Waals surface area contributed by atoms with Gasteiger partial charge in [-0.2, -0.15) is 0 Å². The Kier molecular flexibility index (Phi) is 2.90. The van der Waals surface area contributed by atoms with Crippen LogP contribution in [-0.4, -0.2) is 51.5 Å². The van der Waals surface area contributed by atoms with Gasteiger partial charge in [-0.1, -0.05) is 0 Å². The van der Waals surface area contributed by atoms with E-state index in [1.165, 1.54) is 0 Å². The largest absolute Gasteiger partial charge is 0.480 e. The maximum atomic E-state index is 11.4. The number of aliphatic carboxylic acids is 1. The summed E-state index contributed by atoms with van der Waals surface area (Å²) in [6.07, 6.45) is -1.71. The fourth-order valence-electron chi connectivity index (χ4n) is 1.29. The van der Waals surface area contributed by atoms with Gasteiger partial charge in [0, 0.05) is 0 Å². The first kappa shape index (κ1) is 11.8. The Morgan fingerprint density at radius 2 is 1.93 bits per heavy atom. The summed E-state index contributed by atoms with van der Waals surface area (Å²) in [4.78, 5) is 23.1. The van der Waals surface area contributed by atoms with Gasteiger partial charge in [0.2, 0.25) is 0 Å². The van der Waals surface area contributed by atoms with E-state index in [1.807, 2.05) is 0 Å². The quantitative estimate of drug-likeness (QED) is 0.648. The van der Waals surface area contributed by atoms with Gasteiger partial charge in [-0.25, -0.2) is 9.59 Å². The van der Waals surface area contributed by atoms with Gasteiger partial charge in [-0.05, 0) is 20.8 Å². The Balaban J connectivity index is 2.59. The molecular weight excluding hydrogens is 202 g/mol. The number of hydrogen-bond acceptors (Lipinski definition) is 4. The molecule has 0 radical (unpaired) electrons. The molecule has 0 aromatic rings. The first-order valence-electron chi connectivity index (χ1n) is 4.63. The van der Waals surface area contributed by atoms with Crippen LogP contribution in [0, 0.1) is 0 Å². The van der Waals surface area contributed by atoms with Crippen LogP contribution in [0.3, 0.4) is 0 Å². The van der Waals surface area contributed by atoms with E-state index in [-0.39, 0.29) is 6.54 Å². The van der Waals surface area contributed by atoms with Crippen LogP contribution >= 0.6 is 0 Å². The van der Waals surface area contributed by atoms with Crippen LogP contribution in [0.25, 0.3) is 0 Å². The Morgan fingerprint density at radius 1 is 1.40 bits per heavy atom. The second-order valence-corrected chi connectivity index (χ2v) is 4.48. The second kappa shape index (κ2) is 3.69. The highest BCUT2D eigenvalue weighted by atomic mass is 16.6. The molecule has 0 bridgehead atoms. The van der Waals surface area contributed by atoms with Crippen LogP contribution in [-0.2, 0) is 9.53 Å². The lowest BCUT2D eigenvalue weighted by atomic mass is 10.0. The number of likely N-dealkylation sites (tertiary alicyclic amines) is 1. The summed E-state index contributed by atoms with van der Waals surface area (Å²) in [6, 6.07) is -1.18. The maximum absolute atomic E-state index is 11.4. The monoisotopic (exact) mass is 217 g/mol. The van der Waals surface area contributed by atoms with Crippen molar-refractivity contribution in [1.29, 1.82) is 0 Å². The molecule has 1 heterocycles. The summed E-state index contributed by atoms with van der Waals surface area (Å²) in [7, 11) is 0. The average molecular weight is 217 g/mol. The lowest BCUT2D eigenvalue weighted by molar-refractivity contribution is -0.158. The first-order valence-corrected chi connectivity index (χ1v) is 4.63. The average Bonchev–Trinajstić information content (AvgIpc) is 1.94. The lowest BCUT2D eigenvalue weighted by Gasteiger charge is -2.42. The summed E-state index contributed by atoms with van der Waals surface area (Å²) in [5, 5.41) is 17.9. The third-order valence-electron chi connectivity index (χ3n) is 1.97. The zero-order valence-electron chi connectivity index (χ0n) is 8.93. The van der Waals surface area contributed by atoms with E-state index in [1.54, 1.807) is 20.8 Å². The van der Waals surface area contributed by atoms with Crippen LogP contribution < -0.4 is 0 Å². The van der Waals surface area contributed by atoms with Crippen LogP contribution in [0.1, 0.15) is 20.8 Å². The minimum absolute atomic E-state index is 0.00583. The van der Waals surface area contributed by atoms with E-state index < -0.39 is 29.8 Å². The molecule has 15 heavy (non-hydrogen) atoms. The number of ether oxygens (including phenoxy) is 1. The number of aliphatic hydroxyl groups is 1. The SMILES string of the molecule is CC(C)(C)OC(=O)N1C[C@H](O)[C@H]1C(=O)O. The molecule has 2 atom stereocenters. The Hall–Kier alpha value is -1.30. The van der Waals surface area contributed by atoms with Gasteiger partial charge in [0.25, 0.3) is 0 Å². The van der Waals surface area contributed by atoms with Gasteiger partial charge < -0.3 is 14.9 Å². The summed E-state index contributed by atoms with van der Waals surface area (Å²) in [5.41, 5.74) is -0.666. The lowest BCUT2D eigenvalue weighted by Crippen LogP contribution is -2.66. The zero-order valence-corrected chi connectivity index (χ0v) is 8.93. The van der Waals surface area contributed by atoms with Crippen molar-refractivity contribution in [2.24, 2.45) is 0 Å². The minimum Gasteiger partial charge on any atom is -0.480 e. The molecule has 0 aliphatic carbocycles. The number of hydrogen-bond donors (Lipinski definition) is 2. The van der Waals surface area contributed by atoms with Crippen molar-refractivity contribution >= 4 is 12.1 Å². The number of β-amino-alcohol motifs (C(OH)–C–C–N with tert-alkyl or cyclic N) is 1. The molecule has 0 aromatic heterocycles. The van der Waals surface area contributed by atoms with Gasteiger partial charge >= 0.3 is 12.1 Å². The van der Waals surface area contributed by atoms with Crippen LogP contribution in [0.15, 0.2) is 0 Å². The van der Waals surface area contributed by atoms with Gasteiger partial charge in [-0.15, -0.1) is 0 Å². The number of nitrogens with zero attached hydrogens (tertiary/aromatic N) is 1. The van der Waals surface area contributed by atoms with E-state index in [0.717, 1.165) is 4.90 Å². The predicted molar refractivity (Wildman–Crippen MR) is 50.4 cm³/mol. The molecular formula is C9H15NO5. The molecule has 86 valence electrons. The first-order chi connectivity index (χ1) is 6.72. The second-order valence-electron chi connectivity index (χ2n) is 4.48. The van der Waals surface area contributed by atoms with Gasteiger partial charge in [0.1, 0.15) is 11.7 Å². The summed E-state index contributed by atoms with van der Waals surface area (Å²) >= 11 is 0. The number of aliphatic hydroxyl groups excluding tert-OH is 1. The molecule has 1 rings (SSSR count).